The number of halogens is 1. The molecule has 3 heteroatoms. The monoisotopic (exact) mass is 334 g/mol. The van der Waals surface area contributed by atoms with Gasteiger partial charge in [0.1, 0.15) is 11.5 Å². The quantitative estimate of drug-likeness (QED) is 0.560. The first-order valence-electron chi connectivity index (χ1n) is 8.44. The second-order valence-electron chi connectivity index (χ2n) is 6.85. The van der Waals surface area contributed by atoms with Crippen LogP contribution in [0.25, 0.3) is 10.8 Å². The first-order valence-corrected chi connectivity index (χ1v) is 8.82. The van der Waals surface area contributed by atoms with Gasteiger partial charge < -0.3 is 9.47 Å². The topological polar surface area (TPSA) is 18.5 Å². The summed E-state index contributed by atoms with van der Waals surface area (Å²) in [6.07, 6.45) is 2.08. The maximum absolute atomic E-state index is 6.32. The third-order valence-electron chi connectivity index (χ3n) is 3.78. The molecule has 0 aromatic heterocycles. The molecule has 0 spiro atoms. The molecular weight excluding hydrogens is 308 g/mol. The van der Waals surface area contributed by atoms with Gasteiger partial charge in [-0.2, -0.15) is 0 Å². The van der Waals surface area contributed by atoms with Crippen LogP contribution in [0.15, 0.2) is 30.3 Å². The van der Waals surface area contributed by atoms with E-state index in [0.717, 1.165) is 41.7 Å². The zero-order chi connectivity index (χ0) is 16.8. The van der Waals surface area contributed by atoms with E-state index >= 15 is 0 Å². The van der Waals surface area contributed by atoms with Crippen LogP contribution in [0, 0.1) is 11.8 Å². The van der Waals surface area contributed by atoms with Gasteiger partial charge in [-0.05, 0) is 59.7 Å². The van der Waals surface area contributed by atoms with Crippen molar-refractivity contribution in [2.24, 2.45) is 11.8 Å². The molecule has 0 bridgehead atoms. The van der Waals surface area contributed by atoms with Gasteiger partial charge in [-0.3, -0.25) is 0 Å². The predicted molar refractivity (Wildman–Crippen MR) is 98.9 cm³/mol. The standard InChI is InChI=1S/C20H27ClO2/c1-14(2)7-9-22-18-6-5-16-12-19(21)20(13-17(16)11-18)23-10-8-15(3)4/h5-6,11-15H,7-10H2,1-4H3. The number of rotatable bonds is 8. The Morgan fingerprint density at radius 2 is 1.48 bits per heavy atom. The van der Waals surface area contributed by atoms with Crippen molar-refractivity contribution < 1.29 is 9.47 Å². The zero-order valence-electron chi connectivity index (χ0n) is 14.6. The predicted octanol–water partition coefficient (Wildman–Crippen LogP) is 6.34. The molecule has 0 amide bonds. The summed E-state index contributed by atoms with van der Waals surface area (Å²) in [6, 6.07) is 10.1. The van der Waals surface area contributed by atoms with Crippen molar-refractivity contribution in [2.45, 2.75) is 40.5 Å². The maximum atomic E-state index is 6.32. The summed E-state index contributed by atoms with van der Waals surface area (Å²) in [6.45, 7) is 10.2. The molecule has 0 fully saturated rings. The number of fused-ring (bicyclic) bond motifs is 1. The summed E-state index contributed by atoms with van der Waals surface area (Å²) in [5.74, 6) is 2.91. The molecule has 0 unspecified atom stereocenters. The minimum atomic E-state index is 0.621. The highest BCUT2D eigenvalue weighted by Gasteiger charge is 2.07. The summed E-state index contributed by atoms with van der Waals surface area (Å²) >= 11 is 6.32. The lowest BCUT2D eigenvalue weighted by atomic mass is 10.1. The normalized spacial score (nSPS) is 11.4. The average Bonchev–Trinajstić information content (AvgIpc) is 2.47. The third-order valence-corrected chi connectivity index (χ3v) is 4.07. The molecule has 126 valence electrons. The van der Waals surface area contributed by atoms with Crippen molar-refractivity contribution in [3.8, 4) is 11.5 Å². The highest BCUT2D eigenvalue weighted by Crippen LogP contribution is 2.32. The summed E-state index contributed by atoms with van der Waals surface area (Å²) in [7, 11) is 0. The Bertz CT molecular complexity index is 635. The zero-order valence-corrected chi connectivity index (χ0v) is 15.3. The molecule has 0 aliphatic heterocycles. The molecular formula is C20H27ClO2. The summed E-state index contributed by atoms with van der Waals surface area (Å²) < 4.78 is 11.7. The molecule has 0 aliphatic carbocycles. The number of benzene rings is 2. The fraction of sp³-hybridized carbons (Fsp3) is 0.500. The lowest BCUT2D eigenvalue weighted by molar-refractivity contribution is 0.289. The van der Waals surface area contributed by atoms with Gasteiger partial charge >= 0.3 is 0 Å². The van der Waals surface area contributed by atoms with Crippen LogP contribution in [-0.2, 0) is 0 Å². The average molecular weight is 335 g/mol. The first-order chi connectivity index (χ1) is 11.0. The van der Waals surface area contributed by atoms with Gasteiger partial charge in [-0.15, -0.1) is 0 Å². The van der Waals surface area contributed by atoms with E-state index in [0.29, 0.717) is 23.5 Å². The number of hydrogen-bond donors (Lipinski definition) is 0. The van der Waals surface area contributed by atoms with E-state index in [1.807, 2.05) is 24.3 Å². The molecule has 23 heavy (non-hydrogen) atoms. The fourth-order valence-corrected chi connectivity index (χ4v) is 2.47. The van der Waals surface area contributed by atoms with Crippen molar-refractivity contribution >= 4 is 22.4 Å². The van der Waals surface area contributed by atoms with Gasteiger partial charge in [-0.1, -0.05) is 45.4 Å². The van der Waals surface area contributed by atoms with E-state index in [1.165, 1.54) is 0 Å². The van der Waals surface area contributed by atoms with Crippen LogP contribution in [-0.4, -0.2) is 13.2 Å². The van der Waals surface area contributed by atoms with Crippen LogP contribution in [0.3, 0.4) is 0 Å². The Kier molecular flexibility index (Phi) is 6.59. The Morgan fingerprint density at radius 3 is 2.13 bits per heavy atom. The highest BCUT2D eigenvalue weighted by molar-refractivity contribution is 6.32. The van der Waals surface area contributed by atoms with Crippen molar-refractivity contribution in [2.75, 3.05) is 13.2 Å². The van der Waals surface area contributed by atoms with Gasteiger partial charge in [0.2, 0.25) is 0 Å². The summed E-state index contributed by atoms with van der Waals surface area (Å²) in [5.41, 5.74) is 0. The molecule has 0 atom stereocenters. The van der Waals surface area contributed by atoms with Gasteiger partial charge in [0.05, 0.1) is 18.2 Å². The van der Waals surface area contributed by atoms with Crippen LogP contribution < -0.4 is 9.47 Å². The van der Waals surface area contributed by atoms with Crippen LogP contribution in [0.1, 0.15) is 40.5 Å². The van der Waals surface area contributed by atoms with Crippen molar-refractivity contribution in [1.82, 2.24) is 0 Å². The third kappa shape index (κ3) is 5.62. The Hall–Kier alpha value is -1.41. The summed E-state index contributed by atoms with van der Waals surface area (Å²) in [4.78, 5) is 0. The Labute approximate surface area is 144 Å². The van der Waals surface area contributed by atoms with Gasteiger partial charge in [-0.25, -0.2) is 0 Å². The molecule has 2 aromatic carbocycles. The SMILES string of the molecule is CC(C)CCOc1ccc2cc(Cl)c(OCCC(C)C)cc2c1. The maximum Gasteiger partial charge on any atom is 0.138 e. The van der Waals surface area contributed by atoms with Gasteiger partial charge in [0, 0.05) is 0 Å². The van der Waals surface area contributed by atoms with E-state index < -0.39 is 0 Å². The molecule has 2 nitrogen and oxygen atoms in total. The molecule has 0 saturated heterocycles. The molecule has 0 saturated carbocycles. The van der Waals surface area contributed by atoms with Crippen LogP contribution in [0.5, 0.6) is 11.5 Å². The molecule has 2 rings (SSSR count). The second-order valence-corrected chi connectivity index (χ2v) is 7.26. The van der Waals surface area contributed by atoms with Crippen LogP contribution in [0.4, 0.5) is 0 Å². The van der Waals surface area contributed by atoms with Gasteiger partial charge in [0.25, 0.3) is 0 Å². The molecule has 0 N–H and O–H groups in total. The van der Waals surface area contributed by atoms with E-state index in [2.05, 4.69) is 33.8 Å². The lowest BCUT2D eigenvalue weighted by Gasteiger charge is -2.12. The molecule has 2 aromatic rings. The largest absolute Gasteiger partial charge is 0.494 e. The van der Waals surface area contributed by atoms with Crippen LogP contribution >= 0.6 is 11.6 Å². The molecule has 0 heterocycles. The second kappa shape index (κ2) is 8.44. The lowest BCUT2D eigenvalue weighted by Crippen LogP contribution is -2.02. The van der Waals surface area contributed by atoms with Crippen molar-refractivity contribution in [1.29, 1.82) is 0 Å². The van der Waals surface area contributed by atoms with E-state index in [4.69, 9.17) is 21.1 Å². The number of ether oxygens (including phenoxy) is 2. The van der Waals surface area contributed by atoms with E-state index in [9.17, 15) is 0 Å². The van der Waals surface area contributed by atoms with E-state index in [1.54, 1.807) is 0 Å². The first kappa shape index (κ1) is 17.9. The highest BCUT2D eigenvalue weighted by atomic mass is 35.5. The minimum Gasteiger partial charge on any atom is -0.494 e. The Balaban J connectivity index is 2.11. The van der Waals surface area contributed by atoms with Crippen molar-refractivity contribution in [3.05, 3.63) is 35.4 Å². The van der Waals surface area contributed by atoms with Gasteiger partial charge in [0.15, 0.2) is 0 Å². The Morgan fingerprint density at radius 1 is 0.826 bits per heavy atom. The molecule has 0 aliphatic rings. The number of hydrogen-bond acceptors (Lipinski definition) is 2. The summed E-state index contributed by atoms with van der Waals surface area (Å²) in [5, 5.41) is 2.85. The fourth-order valence-electron chi connectivity index (χ4n) is 2.24. The van der Waals surface area contributed by atoms with Crippen LogP contribution in [0.2, 0.25) is 5.02 Å². The molecule has 0 radical (unpaired) electrons. The van der Waals surface area contributed by atoms with E-state index in [-0.39, 0.29) is 0 Å². The van der Waals surface area contributed by atoms with Crippen molar-refractivity contribution in [3.63, 3.8) is 0 Å². The smallest absolute Gasteiger partial charge is 0.138 e. The minimum absolute atomic E-state index is 0.621.